The van der Waals surface area contributed by atoms with Crippen LogP contribution < -0.4 is 0 Å². The normalized spacial score (nSPS) is 15.4. The van der Waals surface area contributed by atoms with E-state index in [1.807, 2.05) is 30.3 Å². The summed E-state index contributed by atoms with van der Waals surface area (Å²) in [5.41, 5.74) is 4.39. The summed E-state index contributed by atoms with van der Waals surface area (Å²) in [4.78, 5) is 12.4. The van der Waals surface area contributed by atoms with Gasteiger partial charge in [0.1, 0.15) is 6.10 Å². The van der Waals surface area contributed by atoms with Crippen LogP contribution in [-0.2, 0) is 22.4 Å². The number of hydrogen-bond donors (Lipinski definition) is 0. The first-order valence-corrected chi connectivity index (χ1v) is 8.16. The van der Waals surface area contributed by atoms with E-state index in [0.717, 1.165) is 23.1 Å². The highest BCUT2D eigenvalue weighted by molar-refractivity contribution is 5.91. The van der Waals surface area contributed by atoms with Crippen LogP contribution in [0.25, 0.3) is 16.8 Å². The summed E-state index contributed by atoms with van der Waals surface area (Å²) >= 11 is 0. The molecule has 0 fully saturated rings. The van der Waals surface area contributed by atoms with E-state index in [9.17, 15) is 4.79 Å². The standard InChI is InChI=1S/C22H18O2/c1-2-15-9-11-16(12-10-15)13-21(23)24-20-14-18-7-3-5-17-6-4-8-19(20)22(17)18/h2-12,20H,1,13-14H2. The van der Waals surface area contributed by atoms with Crippen LogP contribution >= 0.6 is 0 Å². The molecule has 118 valence electrons. The Morgan fingerprint density at radius 2 is 1.83 bits per heavy atom. The van der Waals surface area contributed by atoms with E-state index < -0.39 is 0 Å². The molecule has 3 aromatic carbocycles. The van der Waals surface area contributed by atoms with Crippen LogP contribution in [0.2, 0.25) is 0 Å². The summed E-state index contributed by atoms with van der Waals surface area (Å²) in [5, 5.41) is 2.46. The summed E-state index contributed by atoms with van der Waals surface area (Å²) in [6.45, 7) is 3.74. The minimum absolute atomic E-state index is 0.175. The number of benzene rings is 3. The number of carbonyl (C=O) groups excluding carboxylic acids is 1. The fraction of sp³-hybridized carbons (Fsp3) is 0.136. The molecular weight excluding hydrogens is 296 g/mol. The molecule has 0 radical (unpaired) electrons. The molecule has 4 rings (SSSR count). The molecule has 0 amide bonds. The fourth-order valence-corrected chi connectivity index (χ4v) is 3.44. The van der Waals surface area contributed by atoms with Gasteiger partial charge in [-0.1, -0.05) is 73.3 Å². The largest absolute Gasteiger partial charge is 0.457 e. The van der Waals surface area contributed by atoms with Gasteiger partial charge < -0.3 is 4.74 Å². The van der Waals surface area contributed by atoms with Crippen molar-refractivity contribution in [2.24, 2.45) is 0 Å². The number of carbonyl (C=O) groups is 1. The summed E-state index contributed by atoms with van der Waals surface area (Å²) in [7, 11) is 0. The van der Waals surface area contributed by atoms with E-state index in [1.54, 1.807) is 6.08 Å². The van der Waals surface area contributed by atoms with Gasteiger partial charge in [-0.25, -0.2) is 0 Å². The Bertz CT molecular complexity index is 917. The minimum atomic E-state index is -0.184. The van der Waals surface area contributed by atoms with Crippen LogP contribution in [0.5, 0.6) is 0 Å². The van der Waals surface area contributed by atoms with Gasteiger partial charge in [0.15, 0.2) is 0 Å². The average Bonchev–Trinajstić information content (AvgIpc) is 2.95. The number of esters is 1. The maximum atomic E-state index is 12.4. The Labute approximate surface area is 141 Å². The SMILES string of the molecule is C=Cc1ccc(CC(=O)OC2Cc3cccc4cccc2c34)cc1. The monoisotopic (exact) mass is 314 g/mol. The quantitative estimate of drug-likeness (QED) is 0.642. The zero-order valence-electron chi connectivity index (χ0n) is 13.4. The van der Waals surface area contributed by atoms with Crippen LogP contribution in [0.15, 0.2) is 67.2 Å². The third kappa shape index (κ3) is 2.61. The maximum absolute atomic E-state index is 12.4. The highest BCUT2D eigenvalue weighted by Crippen LogP contribution is 2.38. The smallest absolute Gasteiger partial charge is 0.310 e. The minimum Gasteiger partial charge on any atom is -0.457 e. The van der Waals surface area contributed by atoms with E-state index in [-0.39, 0.29) is 12.1 Å². The number of rotatable bonds is 4. The van der Waals surface area contributed by atoms with Gasteiger partial charge in [-0.05, 0) is 27.5 Å². The first-order chi connectivity index (χ1) is 11.7. The molecule has 0 saturated carbocycles. The average molecular weight is 314 g/mol. The van der Waals surface area contributed by atoms with Gasteiger partial charge in [-0.15, -0.1) is 0 Å². The lowest BCUT2D eigenvalue weighted by Crippen LogP contribution is -2.13. The highest BCUT2D eigenvalue weighted by atomic mass is 16.5. The summed E-state index contributed by atoms with van der Waals surface area (Å²) < 4.78 is 5.79. The third-order valence-electron chi connectivity index (χ3n) is 4.61. The molecule has 1 aliphatic rings. The van der Waals surface area contributed by atoms with E-state index >= 15 is 0 Å². The van der Waals surface area contributed by atoms with Gasteiger partial charge in [0.25, 0.3) is 0 Å². The second-order valence-corrected chi connectivity index (χ2v) is 6.17. The van der Waals surface area contributed by atoms with Crippen LogP contribution in [-0.4, -0.2) is 5.97 Å². The molecule has 24 heavy (non-hydrogen) atoms. The molecule has 0 aliphatic heterocycles. The van der Waals surface area contributed by atoms with Gasteiger partial charge >= 0.3 is 5.97 Å². The summed E-state index contributed by atoms with van der Waals surface area (Å²) in [6, 6.07) is 20.3. The van der Waals surface area contributed by atoms with Crippen molar-refractivity contribution in [1.29, 1.82) is 0 Å². The molecule has 2 heteroatoms. The highest BCUT2D eigenvalue weighted by Gasteiger charge is 2.27. The zero-order chi connectivity index (χ0) is 16.5. The molecule has 0 N–H and O–H groups in total. The molecule has 0 aromatic heterocycles. The van der Waals surface area contributed by atoms with E-state index in [2.05, 4.69) is 36.9 Å². The lowest BCUT2D eigenvalue weighted by atomic mass is 10.1. The third-order valence-corrected chi connectivity index (χ3v) is 4.61. The van der Waals surface area contributed by atoms with Crippen molar-refractivity contribution in [3.8, 4) is 0 Å². The number of ether oxygens (including phenoxy) is 1. The molecule has 0 spiro atoms. The molecule has 3 aromatic rings. The Morgan fingerprint density at radius 1 is 1.08 bits per heavy atom. The van der Waals surface area contributed by atoms with Crippen molar-refractivity contribution in [3.05, 3.63) is 89.5 Å². The molecular formula is C22H18O2. The van der Waals surface area contributed by atoms with Gasteiger partial charge in [0.05, 0.1) is 6.42 Å². The molecule has 2 nitrogen and oxygen atoms in total. The fourth-order valence-electron chi connectivity index (χ4n) is 3.44. The molecule has 1 aliphatic carbocycles. The van der Waals surface area contributed by atoms with E-state index in [4.69, 9.17) is 4.74 Å². The summed E-state index contributed by atoms with van der Waals surface area (Å²) in [6.07, 6.45) is 2.67. The Morgan fingerprint density at radius 3 is 2.58 bits per heavy atom. The first-order valence-electron chi connectivity index (χ1n) is 8.16. The van der Waals surface area contributed by atoms with Gasteiger partial charge in [0.2, 0.25) is 0 Å². The maximum Gasteiger partial charge on any atom is 0.310 e. The van der Waals surface area contributed by atoms with Gasteiger partial charge in [-0.3, -0.25) is 4.79 Å². The van der Waals surface area contributed by atoms with Crippen molar-refractivity contribution in [3.63, 3.8) is 0 Å². The van der Waals surface area contributed by atoms with Crippen molar-refractivity contribution in [2.45, 2.75) is 18.9 Å². The Kier molecular flexibility index (Phi) is 3.66. The van der Waals surface area contributed by atoms with Crippen LogP contribution in [0.3, 0.4) is 0 Å². The van der Waals surface area contributed by atoms with Crippen LogP contribution in [0.4, 0.5) is 0 Å². The van der Waals surface area contributed by atoms with Crippen LogP contribution in [0, 0.1) is 0 Å². The summed E-state index contributed by atoms with van der Waals surface area (Å²) in [5.74, 6) is -0.184. The van der Waals surface area contributed by atoms with Crippen molar-refractivity contribution in [1.82, 2.24) is 0 Å². The second kappa shape index (κ2) is 5.97. The number of hydrogen-bond acceptors (Lipinski definition) is 2. The van der Waals surface area contributed by atoms with Crippen molar-refractivity contribution >= 4 is 22.8 Å². The van der Waals surface area contributed by atoms with Crippen molar-refractivity contribution < 1.29 is 9.53 Å². The Balaban J connectivity index is 1.51. The molecule has 1 unspecified atom stereocenters. The predicted octanol–water partition coefficient (Wildman–Crippen LogP) is 4.87. The van der Waals surface area contributed by atoms with Gasteiger partial charge in [0, 0.05) is 12.0 Å². The lowest BCUT2D eigenvalue weighted by molar-refractivity contribution is -0.148. The van der Waals surface area contributed by atoms with Gasteiger partial charge in [-0.2, -0.15) is 0 Å². The van der Waals surface area contributed by atoms with E-state index in [1.165, 1.54) is 16.3 Å². The first kappa shape index (κ1) is 14.7. The predicted molar refractivity (Wildman–Crippen MR) is 96.7 cm³/mol. The topological polar surface area (TPSA) is 26.3 Å². The molecule has 0 saturated heterocycles. The van der Waals surface area contributed by atoms with Crippen LogP contribution in [0.1, 0.15) is 28.4 Å². The molecule has 0 heterocycles. The molecule has 1 atom stereocenters. The Hall–Kier alpha value is -2.87. The second-order valence-electron chi connectivity index (χ2n) is 6.17. The zero-order valence-corrected chi connectivity index (χ0v) is 13.4. The van der Waals surface area contributed by atoms with Crippen molar-refractivity contribution in [2.75, 3.05) is 0 Å². The van der Waals surface area contributed by atoms with E-state index in [0.29, 0.717) is 6.42 Å². The molecule has 0 bridgehead atoms. The lowest BCUT2D eigenvalue weighted by Gasteiger charge is -2.13.